The van der Waals surface area contributed by atoms with Crippen molar-refractivity contribution in [2.45, 2.75) is 65.8 Å². The number of sulfone groups is 2. The summed E-state index contributed by atoms with van der Waals surface area (Å²) >= 11 is 1.11. The third-order valence-corrected chi connectivity index (χ3v) is 9.58. The fourth-order valence-corrected chi connectivity index (χ4v) is 6.23. The Morgan fingerprint density at radius 3 is 2.04 bits per heavy atom. The lowest BCUT2D eigenvalue weighted by atomic mass is 9.87. The highest BCUT2D eigenvalue weighted by Crippen LogP contribution is 2.33. The van der Waals surface area contributed by atoms with Crippen LogP contribution in [0, 0.1) is 0 Å². The number of benzene rings is 1. The average Bonchev–Trinajstić information content (AvgIpc) is 3.03. The van der Waals surface area contributed by atoms with E-state index >= 15 is 0 Å². The topological polar surface area (TPSA) is 94.3 Å². The predicted octanol–water partition coefficient (Wildman–Crippen LogP) is 3.52. The van der Waals surface area contributed by atoms with Gasteiger partial charge in [-0.3, -0.25) is 0 Å². The molecule has 0 aliphatic carbocycles. The molecule has 0 unspecified atom stereocenters. The van der Waals surface area contributed by atoms with Gasteiger partial charge in [-0.25, -0.2) is 16.8 Å². The minimum atomic E-state index is -3.82. The first-order valence-corrected chi connectivity index (χ1v) is 12.1. The van der Waals surface area contributed by atoms with Gasteiger partial charge < -0.3 is 5.73 Å². The first-order valence-electron chi connectivity index (χ1n) is 8.23. The van der Waals surface area contributed by atoms with E-state index in [2.05, 4.69) is 0 Å². The molecule has 2 N–H and O–H groups in total. The molecule has 1 aromatic heterocycles. The van der Waals surface area contributed by atoms with Gasteiger partial charge in [-0.1, -0.05) is 20.8 Å². The van der Waals surface area contributed by atoms with E-state index < -0.39 is 30.3 Å². The van der Waals surface area contributed by atoms with Crippen LogP contribution in [-0.2, 0) is 31.6 Å². The van der Waals surface area contributed by atoms with Crippen molar-refractivity contribution in [2.75, 3.05) is 0 Å². The third-order valence-electron chi connectivity index (χ3n) is 4.11. The van der Waals surface area contributed by atoms with E-state index in [0.29, 0.717) is 5.56 Å². The Morgan fingerprint density at radius 1 is 1.00 bits per heavy atom. The first kappa shape index (κ1) is 21.1. The fourth-order valence-electron chi connectivity index (χ4n) is 2.32. The van der Waals surface area contributed by atoms with Crippen LogP contribution in [0.5, 0.6) is 0 Å². The number of thiophene rings is 1. The number of rotatable bonds is 5. The molecule has 0 spiro atoms. The summed E-state index contributed by atoms with van der Waals surface area (Å²) in [6.07, 6.45) is 0. The molecule has 0 saturated heterocycles. The van der Waals surface area contributed by atoms with Crippen molar-refractivity contribution in [2.24, 2.45) is 5.73 Å². The lowest BCUT2D eigenvalue weighted by molar-refractivity contribution is 0.575. The molecule has 5 nitrogen and oxygen atoms in total. The summed E-state index contributed by atoms with van der Waals surface area (Å²) in [4.78, 5) is 0.786. The molecule has 0 bridgehead atoms. The second kappa shape index (κ2) is 7.07. The van der Waals surface area contributed by atoms with Crippen molar-refractivity contribution < 1.29 is 16.8 Å². The zero-order chi connectivity index (χ0) is 19.9. The summed E-state index contributed by atoms with van der Waals surface area (Å²) in [6, 6.07) is 7.60. The first-order chi connectivity index (χ1) is 11.8. The normalized spacial score (nSPS) is 13.3. The maximum atomic E-state index is 13.1. The molecule has 0 radical (unpaired) electrons. The van der Waals surface area contributed by atoms with Crippen LogP contribution in [0.15, 0.2) is 44.3 Å². The van der Waals surface area contributed by atoms with E-state index in [1.807, 2.05) is 20.8 Å². The lowest BCUT2D eigenvalue weighted by Gasteiger charge is -2.21. The Hall–Kier alpha value is -1.22. The number of hydrogen-bond acceptors (Lipinski definition) is 6. The summed E-state index contributed by atoms with van der Waals surface area (Å²) in [5.41, 5.74) is 5.84. The summed E-state index contributed by atoms with van der Waals surface area (Å²) in [7, 11) is -7.43. The van der Waals surface area contributed by atoms with Gasteiger partial charge in [-0.15, -0.1) is 11.3 Å². The van der Waals surface area contributed by atoms with Crippen LogP contribution in [-0.4, -0.2) is 22.1 Å². The van der Waals surface area contributed by atoms with Crippen molar-refractivity contribution in [3.05, 3.63) is 40.8 Å². The Morgan fingerprint density at radius 2 is 1.58 bits per heavy atom. The molecule has 1 aromatic carbocycles. The fraction of sp³-hybridized carbons (Fsp3) is 0.444. The average molecular weight is 416 g/mol. The van der Waals surface area contributed by atoms with Crippen LogP contribution in [0.4, 0.5) is 0 Å². The van der Waals surface area contributed by atoms with Gasteiger partial charge in [0.25, 0.3) is 0 Å². The summed E-state index contributed by atoms with van der Waals surface area (Å²) in [6.45, 7) is 9.18. The molecule has 144 valence electrons. The number of nitrogens with two attached hydrogens (primary N) is 1. The van der Waals surface area contributed by atoms with Crippen LogP contribution in [0.25, 0.3) is 0 Å². The van der Waals surface area contributed by atoms with Crippen LogP contribution in [0.1, 0.15) is 45.1 Å². The van der Waals surface area contributed by atoms with Crippen molar-refractivity contribution in [3.8, 4) is 0 Å². The molecule has 0 atom stereocenters. The van der Waals surface area contributed by atoms with Gasteiger partial charge >= 0.3 is 0 Å². The molecule has 0 aliphatic heterocycles. The smallest absolute Gasteiger partial charge is 0.216 e. The molecule has 0 amide bonds. The van der Waals surface area contributed by atoms with Crippen LogP contribution in [0.3, 0.4) is 0 Å². The van der Waals surface area contributed by atoms with Crippen molar-refractivity contribution in [1.29, 1.82) is 0 Å². The molecule has 0 saturated carbocycles. The van der Waals surface area contributed by atoms with Crippen LogP contribution < -0.4 is 5.73 Å². The maximum absolute atomic E-state index is 13.1. The minimum absolute atomic E-state index is 0.00503. The lowest BCUT2D eigenvalue weighted by Crippen LogP contribution is -2.18. The molecule has 0 aliphatic rings. The van der Waals surface area contributed by atoms with E-state index in [4.69, 9.17) is 5.73 Å². The van der Waals surface area contributed by atoms with Crippen LogP contribution in [0.2, 0.25) is 0 Å². The highest BCUT2D eigenvalue weighted by Gasteiger charge is 2.28. The van der Waals surface area contributed by atoms with Gasteiger partial charge in [0, 0.05) is 11.4 Å². The molecule has 2 rings (SSSR count). The standard InChI is InChI=1S/C18H25NO4S3/c1-12(2)25(20,21)15-8-13(18(3,4)5)9-16(10-15)26(22,23)17-7-6-14(11-19)24-17/h6-10,12H,11,19H2,1-5H3. The molecule has 2 aromatic rings. The van der Waals surface area contributed by atoms with E-state index in [-0.39, 0.29) is 20.5 Å². The minimum Gasteiger partial charge on any atom is -0.326 e. The van der Waals surface area contributed by atoms with E-state index in [1.165, 1.54) is 12.1 Å². The molecule has 1 heterocycles. The third kappa shape index (κ3) is 4.03. The summed E-state index contributed by atoms with van der Waals surface area (Å²) < 4.78 is 51.6. The quantitative estimate of drug-likeness (QED) is 0.806. The highest BCUT2D eigenvalue weighted by atomic mass is 32.2. The Kier molecular flexibility index (Phi) is 5.73. The Balaban J connectivity index is 2.76. The van der Waals surface area contributed by atoms with Gasteiger partial charge in [-0.05, 0) is 55.2 Å². The number of hydrogen-bond donors (Lipinski definition) is 1. The van der Waals surface area contributed by atoms with Crippen LogP contribution >= 0.6 is 11.3 Å². The van der Waals surface area contributed by atoms with Crippen molar-refractivity contribution in [3.63, 3.8) is 0 Å². The largest absolute Gasteiger partial charge is 0.326 e. The summed E-state index contributed by atoms with van der Waals surface area (Å²) in [5, 5.41) is -0.640. The van der Waals surface area contributed by atoms with Gasteiger partial charge in [0.15, 0.2) is 9.84 Å². The Bertz CT molecular complexity index is 1010. The van der Waals surface area contributed by atoms with Crippen molar-refractivity contribution in [1.82, 2.24) is 0 Å². The van der Waals surface area contributed by atoms with Gasteiger partial charge in [0.05, 0.1) is 15.0 Å². The Labute approximate surface area is 160 Å². The van der Waals surface area contributed by atoms with Gasteiger partial charge in [0.1, 0.15) is 4.21 Å². The second-order valence-electron chi connectivity index (χ2n) is 7.47. The van der Waals surface area contributed by atoms with E-state index in [1.54, 1.807) is 32.0 Å². The van der Waals surface area contributed by atoms with Crippen molar-refractivity contribution >= 4 is 31.0 Å². The zero-order valence-electron chi connectivity index (χ0n) is 15.6. The molecular formula is C18H25NO4S3. The van der Waals surface area contributed by atoms with E-state index in [9.17, 15) is 16.8 Å². The maximum Gasteiger partial charge on any atom is 0.216 e. The predicted molar refractivity (Wildman–Crippen MR) is 105 cm³/mol. The second-order valence-corrected chi connectivity index (χ2v) is 13.3. The monoisotopic (exact) mass is 415 g/mol. The van der Waals surface area contributed by atoms with Gasteiger partial charge in [-0.2, -0.15) is 0 Å². The molecule has 0 fully saturated rings. The zero-order valence-corrected chi connectivity index (χ0v) is 18.1. The molecule has 8 heteroatoms. The van der Waals surface area contributed by atoms with E-state index in [0.717, 1.165) is 16.2 Å². The molecule has 26 heavy (non-hydrogen) atoms. The SMILES string of the molecule is CC(C)S(=O)(=O)c1cc(C(C)(C)C)cc(S(=O)(=O)c2ccc(CN)s2)c1. The summed E-state index contributed by atoms with van der Waals surface area (Å²) in [5.74, 6) is 0. The molecular weight excluding hydrogens is 390 g/mol. The van der Waals surface area contributed by atoms with Gasteiger partial charge in [0.2, 0.25) is 9.84 Å². The highest BCUT2D eigenvalue weighted by molar-refractivity contribution is 7.93.